The fraction of sp³-hybridized carbons (Fsp3) is 0.0244. The van der Waals surface area contributed by atoms with Crippen molar-refractivity contribution in [2.24, 2.45) is 0 Å². The monoisotopic (exact) mass is 532 g/mol. The second kappa shape index (κ2) is 7.87. The van der Waals surface area contributed by atoms with Crippen LogP contribution in [0.4, 0.5) is 0 Å². The van der Waals surface area contributed by atoms with E-state index in [1.807, 2.05) is 6.07 Å². The Bertz CT molecular complexity index is 2240. The summed E-state index contributed by atoms with van der Waals surface area (Å²) in [5.74, 6) is 1.84. The standard InChI is InChI=1S/C41H24O/c1-5-16-34-28(11-1)29-12-2-6-17-35(29)41(34)36-18-7-3-13-30(36)33-23-25(20-21-37(33)41)27-22-26-10-9-15-32-31-14-4-8-19-38(31)42-39(24-27)40(26)32/h1-24H. The lowest BCUT2D eigenvalue weighted by molar-refractivity contribution is 0.487. The van der Waals surface area contributed by atoms with Gasteiger partial charge in [0.1, 0.15) is 11.5 Å². The lowest BCUT2D eigenvalue weighted by atomic mass is 9.70. The van der Waals surface area contributed by atoms with Gasteiger partial charge in [-0.25, -0.2) is 0 Å². The van der Waals surface area contributed by atoms with Crippen molar-refractivity contribution in [3.63, 3.8) is 0 Å². The van der Waals surface area contributed by atoms with E-state index in [9.17, 15) is 0 Å². The Balaban J connectivity index is 1.22. The van der Waals surface area contributed by atoms with Crippen molar-refractivity contribution in [3.05, 3.63) is 168 Å². The van der Waals surface area contributed by atoms with Crippen LogP contribution < -0.4 is 4.74 Å². The summed E-state index contributed by atoms with van der Waals surface area (Å²) >= 11 is 0. The molecule has 1 nitrogen and oxygen atoms in total. The molecule has 194 valence electrons. The first-order valence-corrected chi connectivity index (χ1v) is 14.6. The summed E-state index contributed by atoms with van der Waals surface area (Å²) in [5.41, 5.74) is 15.2. The molecule has 0 N–H and O–H groups in total. The number of hydrogen-bond donors (Lipinski definition) is 0. The van der Waals surface area contributed by atoms with Crippen LogP contribution in [0.2, 0.25) is 0 Å². The minimum Gasteiger partial charge on any atom is -0.456 e. The van der Waals surface area contributed by atoms with Gasteiger partial charge in [0, 0.05) is 10.9 Å². The van der Waals surface area contributed by atoms with Crippen LogP contribution >= 0.6 is 0 Å². The molecule has 0 saturated heterocycles. The minimum atomic E-state index is -0.311. The molecule has 3 aliphatic rings. The molecule has 7 aromatic rings. The highest BCUT2D eigenvalue weighted by molar-refractivity contribution is 6.06. The third kappa shape index (κ3) is 2.64. The molecule has 1 heterocycles. The maximum absolute atomic E-state index is 6.51. The van der Waals surface area contributed by atoms with Gasteiger partial charge in [-0.2, -0.15) is 0 Å². The highest BCUT2D eigenvalue weighted by Crippen LogP contribution is 2.63. The summed E-state index contributed by atoms with van der Waals surface area (Å²) in [4.78, 5) is 0. The molecule has 1 spiro atoms. The van der Waals surface area contributed by atoms with Crippen LogP contribution in [-0.2, 0) is 5.41 Å². The van der Waals surface area contributed by atoms with Crippen LogP contribution in [0.25, 0.3) is 55.3 Å². The van der Waals surface area contributed by atoms with Gasteiger partial charge in [-0.15, -0.1) is 0 Å². The molecule has 42 heavy (non-hydrogen) atoms. The van der Waals surface area contributed by atoms with Crippen LogP contribution in [0, 0.1) is 0 Å². The van der Waals surface area contributed by atoms with Crippen LogP contribution in [0.5, 0.6) is 11.5 Å². The SMILES string of the molecule is c1ccc2c(c1)Oc1cc(-c3ccc4c(c3)-c3ccccc3C43c4ccccc4-c4ccccc43)cc3cccc-2c13. The van der Waals surface area contributed by atoms with Crippen LogP contribution in [0.3, 0.4) is 0 Å². The van der Waals surface area contributed by atoms with Crippen molar-refractivity contribution in [2.75, 3.05) is 0 Å². The Hall–Kier alpha value is -5.40. The highest BCUT2D eigenvalue weighted by atomic mass is 16.5. The zero-order chi connectivity index (χ0) is 27.4. The van der Waals surface area contributed by atoms with Gasteiger partial charge >= 0.3 is 0 Å². The molecule has 0 radical (unpaired) electrons. The molecule has 2 aliphatic carbocycles. The van der Waals surface area contributed by atoms with Gasteiger partial charge in [0.2, 0.25) is 0 Å². The first kappa shape index (κ1) is 22.3. The normalized spacial score (nSPS) is 14.1. The summed E-state index contributed by atoms with van der Waals surface area (Å²) < 4.78 is 6.51. The van der Waals surface area contributed by atoms with Crippen molar-refractivity contribution < 1.29 is 4.74 Å². The summed E-state index contributed by atoms with van der Waals surface area (Å²) in [5, 5.41) is 2.38. The molecular weight excluding hydrogens is 508 g/mol. The van der Waals surface area contributed by atoms with Crippen LogP contribution in [0.1, 0.15) is 22.3 Å². The summed E-state index contributed by atoms with van der Waals surface area (Å²) in [6.07, 6.45) is 0. The van der Waals surface area contributed by atoms with Gasteiger partial charge in [-0.1, -0.05) is 121 Å². The number of fused-ring (bicyclic) bond motifs is 12. The Morgan fingerprint density at radius 3 is 1.64 bits per heavy atom. The largest absolute Gasteiger partial charge is 0.456 e. The predicted molar refractivity (Wildman–Crippen MR) is 171 cm³/mol. The molecule has 0 saturated carbocycles. The molecule has 0 bridgehead atoms. The van der Waals surface area contributed by atoms with Crippen molar-refractivity contribution in [1.82, 2.24) is 0 Å². The first-order chi connectivity index (χ1) is 20.8. The quantitative estimate of drug-likeness (QED) is 0.204. The molecule has 0 aromatic heterocycles. The molecule has 0 amide bonds. The Morgan fingerprint density at radius 2 is 0.929 bits per heavy atom. The zero-order valence-corrected chi connectivity index (χ0v) is 22.8. The second-order valence-corrected chi connectivity index (χ2v) is 11.6. The second-order valence-electron chi connectivity index (χ2n) is 11.6. The molecule has 1 aliphatic heterocycles. The molecule has 0 unspecified atom stereocenters. The van der Waals surface area contributed by atoms with E-state index in [2.05, 4.69) is 140 Å². The Labute approximate surface area is 244 Å². The predicted octanol–water partition coefficient (Wildman–Crippen LogP) is 10.6. The number of rotatable bonds is 1. The topological polar surface area (TPSA) is 9.23 Å². The van der Waals surface area contributed by atoms with E-state index >= 15 is 0 Å². The minimum absolute atomic E-state index is 0.311. The lowest BCUT2D eigenvalue weighted by Crippen LogP contribution is -2.25. The Kier molecular flexibility index (Phi) is 4.18. The van der Waals surface area contributed by atoms with Gasteiger partial charge in [-0.05, 0) is 90.8 Å². The van der Waals surface area contributed by atoms with E-state index < -0.39 is 0 Å². The molecule has 1 heteroatoms. The van der Waals surface area contributed by atoms with Gasteiger partial charge in [-0.3, -0.25) is 0 Å². The smallest absolute Gasteiger partial charge is 0.136 e. The average Bonchev–Trinajstić information content (AvgIpc) is 3.52. The third-order valence-electron chi connectivity index (χ3n) is 9.67. The highest BCUT2D eigenvalue weighted by Gasteiger charge is 2.51. The van der Waals surface area contributed by atoms with Gasteiger partial charge in [0.05, 0.1) is 5.41 Å². The van der Waals surface area contributed by atoms with Crippen LogP contribution in [0.15, 0.2) is 146 Å². The fourth-order valence-corrected chi connectivity index (χ4v) is 8.04. The van der Waals surface area contributed by atoms with E-state index in [0.29, 0.717) is 0 Å². The number of benzene rings is 7. The van der Waals surface area contributed by atoms with E-state index in [1.54, 1.807) is 0 Å². The van der Waals surface area contributed by atoms with E-state index in [-0.39, 0.29) is 5.41 Å². The van der Waals surface area contributed by atoms with E-state index in [1.165, 1.54) is 72.0 Å². The molecule has 7 aromatic carbocycles. The van der Waals surface area contributed by atoms with Crippen molar-refractivity contribution in [1.29, 1.82) is 0 Å². The number of ether oxygens (including phenoxy) is 1. The summed E-state index contributed by atoms with van der Waals surface area (Å²) in [6.45, 7) is 0. The maximum Gasteiger partial charge on any atom is 0.136 e. The van der Waals surface area contributed by atoms with Crippen molar-refractivity contribution in [2.45, 2.75) is 5.41 Å². The number of hydrogen-bond acceptors (Lipinski definition) is 1. The van der Waals surface area contributed by atoms with Gasteiger partial charge in [0.15, 0.2) is 0 Å². The average molecular weight is 533 g/mol. The number of para-hydroxylation sites is 1. The van der Waals surface area contributed by atoms with E-state index in [4.69, 9.17) is 4.74 Å². The van der Waals surface area contributed by atoms with Crippen LogP contribution in [-0.4, -0.2) is 0 Å². The Morgan fingerprint density at radius 1 is 0.357 bits per heavy atom. The molecular formula is C41H24O. The van der Waals surface area contributed by atoms with Crippen molar-refractivity contribution >= 4 is 10.8 Å². The fourth-order valence-electron chi connectivity index (χ4n) is 8.04. The maximum atomic E-state index is 6.51. The first-order valence-electron chi connectivity index (χ1n) is 14.6. The van der Waals surface area contributed by atoms with Gasteiger partial charge < -0.3 is 4.74 Å². The molecule has 0 fully saturated rings. The summed E-state index contributed by atoms with van der Waals surface area (Å²) in [6, 6.07) is 53.5. The van der Waals surface area contributed by atoms with Gasteiger partial charge in [0.25, 0.3) is 0 Å². The molecule has 10 rings (SSSR count). The van der Waals surface area contributed by atoms with Crippen molar-refractivity contribution in [3.8, 4) is 56.0 Å². The lowest BCUT2D eigenvalue weighted by Gasteiger charge is -2.30. The molecule has 0 atom stereocenters. The zero-order valence-electron chi connectivity index (χ0n) is 22.8. The van der Waals surface area contributed by atoms with E-state index in [0.717, 1.165) is 17.1 Å². The summed E-state index contributed by atoms with van der Waals surface area (Å²) in [7, 11) is 0. The third-order valence-corrected chi connectivity index (χ3v) is 9.67.